The summed E-state index contributed by atoms with van der Waals surface area (Å²) < 4.78 is 0. The topological polar surface area (TPSA) is 78.4 Å². The third kappa shape index (κ3) is 3.71. The number of carbonyl (C=O) groups is 2. The Morgan fingerprint density at radius 1 is 1.21 bits per heavy atom. The lowest BCUT2D eigenvalue weighted by Gasteiger charge is -2.41. The molecule has 5 nitrogen and oxygen atoms in total. The molecule has 102 valence electrons. The Bertz CT molecular complexity index is 455. The molecular formula is C14H18N2O3. The van der Waals surface area contributed by atoms with Crippen molar-refractivity contribution in [1.82, 2.24) is 10.6 Å². The van der Waals surface area contributed by atoms with Gasteiger partial charge in [-0.25, -0.2) is 4.79 Å². The maximum absolute atomic E-state index is 11.8. The Morgan fingerprint density at radius 3 is 2.42 bits per heavy atom. The van der Waals surface area contributed by atoms with Crippen LogP contribution in [-0.4, -0.2) is 22.6 Å². The molecule has 0 aromatic heterocycles. The highest BCUT2D eigenvalue weighted by molar-refractivity contribution is 5.77. The van der Waals surface area contributed by atoms with Crippen LogP contribution < -0.4 is 10.6 Å². The van der Waals surface area contributed by atoms with Crippen molar-refractivity contribution in [3.8, 4) is 0 Å². The standard InChI is InChI=1S/C14H18N2O3/c17-12(18)9-14(7-4-8-14)16-13(19)15-10-11-5-2-1-3-6-11/h1-3,5-6H,4,7-10H2,(H,17,18)(H2,15,16,19). The summed E-state index contributed by atoms with van der Waals surface area (Å²) >= 11 is 0. The summed E-state index contributed by atoms with van der Waals surface area (Å²) in [5.74, 6) is -0.872. The third-order valence-corrected chi connectivity index (χ3v) is 3.47. The molecule has 0 atom stereocenters. The second-order valence-corrected chi connectivity index (χ2v) is 5.00. The van der Waals surface area contributed by atoms with E-state index in [1.54, 1.807) is 0 Å². The SMILES string of the molecule is O=C(O)CC1(NC(=O)NCc2ccccc2)CCC1. The van der Waals surface area contributed by atoms with E-state index < -0.39 is 11.5 Å². The molecule has 2 amide bonds. The lowest BCUT2D eigenvalue weighted by Crippen LogP contribution is -2.57. The van der Waals surface area contributed by atoms with E-state index in [2.05, 4.69) is 10.6 Å². The number of rotatable bonds is 5. The summed E-state index contributed by atoms with van der Waals surface area (Å²) in [6, 6.07) is 9.29. The van der Waals surface area contributed by atoms with Crippen LogP contribution in [0.1, 0.15) is 31.2 Å². The summed E-state index contributed by atoms with van der Waals surface area (Å²) in [6.07, 6.45) is 2.42. The van der Waals surface area contributed by atoms with Crippen LogP contribution in [0.2, 0.25) is 0 Å². The Morgan fingerprint density at radius 2 is 1.89 bits per heavy atom. The summed E-state index contributed by atoms with van der Waals surface area (Å²) in [5, 5.41) is 14.4. The number of hydrogen-bond acceptors (Lipinski definition) is 2. The first-order valence-electron chi connectivity index (χ1n) is 6.41. The smallest absolute Gasteiger partial charge is 0.315 e. The molecule has 5 heteroatoms. The van der Waals surface area contributed by atoms with Crippen molar-refractivity contribution in [2.45, 2.75) is 37.8 Å². The van der Waals surface area contributed by atoms with Crippen molar-refractivity contribution >= 4 is 12.0 Å². The molecule has 1 fully saturated rings. The predicted molar refractivity (Wildman–Crippen MR) is 70.6 cm³/mol. The van der Waals surface area contributed by atoms with Gasteiger partial charge >= 0.3 is 12.0 Å². The quantitative estimate of drug-likeness (QED) is 0.758. The van der Waals surface area contributed by atoms with Gasteiger partial charge in [0, 0.05) is 6.54 Å². The van der Waals surface area contributed by atoms with Crippen LogP contribution in [0.3, 0.4) is 0 Å². The zero-order valence-corrected chi connectivity index (χ0v) is 10.7. The second kappa shape index (κ2) is 5.73. The molecule has 1 aromatic rings. The molecular weight excluding hydrogens is 244 g/mol. The lowest BCUT2D eigenvalue weighted by atomic mass is 9.74. The second-order valence-electron chi connectivity index (χ2n) is 5.00. The van der Waals surface area contributed by atoms with Crippen LogP contribution in [0.15, 0.2) is 30.3 Å². The number of aliphatic carboxylic acids is 1. The fourth-order valence-electron chi connectivity index (χ4n) is 2.30. The first kappa shape index (κ1) is 13.4. The summed E-state index contributed by atoms with van der Waals surface area (Å²) in [5.41, 5.74) is 0.464. The van der Waals surface area contributed by atoms with Crippen molar-refractivity contribution in [1.29, 1.82) is 0 Å². The zero-order valence-electron chi connectivity index (χ0n) is 10.7. The monoisotopic (exact) mass is 262 g/mol. The van der Waals surface area contributed by atoms with Crippen molar-refractivity contribution in [2.75, 3.05) is 0 Å². The molecule has 0 bridgehead atoms. The zero-order chi connectivity index (χ0) is 13.7. The van der Waals surface area contributed by atoms with Gasteiger partial charge < -0.3 is 15.7 Å². The van der Waals surface area contributed by atoms with Crippen molar-refractivity contribution < 1.29 is 14.7 Å². The minimum Gasteiger partial charge on any atom is -0.481 e. The van der Waals surface area contributed by atoms with E-state index in [1.165, 1.54) is 0 Å². The Balaban J connectivity index is 1.82. The number of carbonyl (C=O) groups excluding carboxylic acids is 1. The van der Waals surface area contributed by atoms with Crippen LogP contribution in [0.4, 0.5) is 4.79 Å². The van der Waals surface area contributed by atoms with Crippen LogP contribution >= 0.6 is 0 Å². The van der Waals surface area contributed by atoms with E-state index in [0.717, 1.165) is 24.8 Å². The number of nitrogens with one attached hydrogen (secondary N) is 2. The maximum atomic E-state index is 11.8. The number of amides is 2. The van der Waals surface area contributed by atoms with Crippen LogP contribution in [0, 0.1) is 0 Å². The van der Waals surface area contributed by atoms with Crippen LogP contribution in [0.5, 0.6) is 0 Å². The predicted octanol–water partition coefficient (Wildman–Crippen LogP) is 1.88. The van der Waals surface area contributed by atoms with Gasteiger partial charge in [0.25, 0.3) is 0 Å². The molecule has 0 saturated heterocycles. The van der Waals surface area contributed by atoms with Crippen molar-refractivity contribution in [3.63, 3.8) is 0 Å². The first-order valence-corrected chi connectivity index (χ1v) is 6.41. The van der Waals surface area contributed by atoms with E-state index in [9.17, 15) is 9.59 Å². The van der Waals surface area contributed by atoms with E-state index in [-0.39, 0.29) is 12.5 Å². The largest absolute Gasteiger partial charge is 0.481 e. The summed E-state index contributed by atoms with van der Waals surface area (Å²) in [4.78, 5) is 22.6. The molecule has 0 aliphatic heterocycles. The van der Waals surface area contributed by atoms with E-state index in [1.807, 2.05) is 30.3 Å². The Labute approximate surface area is 112 Å². The number of benzene rings is 1. The van der Waals surface area contributed by atoms with E-state index in [4.69, 9.17) is 5.11 Å². The average Bonchev–Trinajstić information content (AvgIpc) is 2.34. The molecule has 0 spiro atoms. The molecule has 3 N–H and O–H groups in total. The molecule has 1 aliphatic carbocycles. The van der Waals surface area contributed by atoms with Crippen molar-refractivity contribution in [3.05, 3.63) is 35.9 Å². The van der Waals surface area contributed by atoms with E-state index in [0.29, 0.717) is 6.54 Å². The minimum absolute atomic E-state index is 0.00818. The molecule has 1 aromatic carbocycles. The van der Waals surface area contributed by atoms with Gasteiger partial charge in [-0.05, 0) is 24.8 Å². The highest BCUT2D eigenvalue weighted by atomic mass is 16.4. The van der Waals surface area contributed by atoms with Crippen LogP contribution in [0.25, 0.3) is 0 Å². The fourth-order valence-corrected chi connectivity index (χ4v) is 2.30. The van der Waals surface area contributed by atoms with Gasteiger partial charge in [0.15, 0.2) is 0 Å². The number of urea groups is 1. The first-order chi connectivity index (χ1) is 9.10. The number of carboxylic acid groups (broad SMARTS) is 1. The van der Waals surface area contributed by atoms with Gasteiger partial charge in [0.2, 0.25) is 0 Å². The van der Waals surface area contributed by atoms with Gasteiger partial charge in [0.1, 0.15) is 0 Å². The highest BCUT2D eigenvalue weighted by Gasteiger charge is 2.40. The molecule has 0 heterocycles. The lowest BCUT2D eigenvalue weighted by molar-refractivity contribution is -0.139. The summed E-state index contributed by atoms with van der Waals surface area (Å²) in [6.45, 7) is 0.440. The molecule has 2 rings (SSSR count). The summed E-state index contributed by atoms with van der Waals surface area (Å²) in [7, 11) is 0. The molecule has 0 unspecified atom stereocenters. The fraction of sp³-hybridized carbons (Fsp3) is 0.429. The van der Waals surface area contributed by atoms with Gasteiger partial charge in [-0.1, -0.05) is 30.3 Å². The Hall–Kier alpha value is -2.04. The van der Waals surface area contributed by atoms with Gasteiger partial charge in [-0.15, -0.1) is 0 Å². The highest BCUT2D eigenvalue weighted by Crippen LogP contribution is 2.34. The van der Waals surface area contributed by atoms with Crippen molar-refractivity contribution in [2.24, 2.45) is 0 Å². The van der Waals surface area contributed by atoms with Gasteiger partial charge in [-0.2, -0.15) is 0 Å². The van der Waals surface area contributed by atoms with Crippen LogP contribution in [-0.2, 0) is 11.3 Å². The number of hydrogen-bond donors (Lipinski definition) is 3. The molecule has 1 aliphatic rings. The molecule has 19 heavy (non-hydrogen) atoms. The Kier molecular flexibility index (Phi) is 4.04. The molecule has 1 saturated carbocycles. The number of carboxylic acids is 1. The van der Waals surface area contributed by atoms with E-state index >= 15 is 0 Å². The molecule has 0 radical (unpaired) electrons. The minimum atomic E-state index is -0.872. The average molecular weight is 262 g/mol. The normalized spacial score (nSPS) is 16.2. The van der Waals surface area contributed by atoms with Gasteiger partial charge in [0.05, 0.1) is 12.0 Å². The third-order valence-electron chi connectivity index (χ3n) is 3.47. The van der Waals surface area contributed by atoms with Gasteiger partial charge in [-0.3, -0.25) is 4.79 Å². The maximum Gasteiger partial charge on any atom is 0.315 e.